The summed E-state index contributed by atoms with van der Waals surface area (Å²) < 4.78 is 5.71. The van der Waals surface area contributed by atoms with Crippen molar-refractivity contribution in [3.63, 3.8) is 0 Å². The van der Waals surface area contributed by atoms with Crippen LogP contribution in [0.25, 0.3) is 11.1 Å². The van der Waals surface area contributed by atoms with E-state index < -0.39 is 23.4 Å². The lowest BCUT2D eigenvalue weighted by Gasteiger charge is -2.21. The van der Waals surface area contributed by atoms with Gasteiger partial charge in [0, 0.05) is 5.56 Å². The average Bonchev–Trinajstić information content (AvgIpc) is 3.06. The van der Waals surface area contributed by atoms with E-state index in [1.807, 2.05) is 78.9 Å². The third kappa shape index (κ3) is 5.03. The number of rotatable bonds is 8. The van der Waals surface area contributed by atoms with Crippen LogP contribution in [0, 0.1) is 0 Å². The Morgan fingerprint density at radius 3 is 2.30 bits per heavy atom. The third-order valence-corrected chi connectivity index (χ3v) is 5.58. The number of carbonyl (C=O) groups excluding carboxylic acids is 3. The van der Waals surface area contributed by atoms with Crippen molar-refractivity contribution in [3.05, 3.63) is 90.5 Å². The van der Waals surface area contributed by atoms with Crippen molar-refractivity contribution in [1.29, 1.82) is 0 Å². The van der Waals surface area contributed by atoms with Crippen molar-refractivity contribution in [3.8, 4) is 16.9 Å². The lowest BCUT2D eigenvalue weighted by molar-refractivity contribution is -0.139. The highest BCUT2D eigenvalue weighted by Crippen LogP contribution is 2.29. The molecular formula is C26H25N3O4. The van der Waals surface area contributed by atoms with Gasteiger partial charge in [-0.25, -0.2) is 4.79 Å². The fourth-order valence-electron chi connectivity index (χ4n) is 3.74. The molecular weight excluding hydrogens is 418 g/mol. The smallest absolute Gasteiger partial charge is 0.344 e. The van der Waals surface area contributed by atoms with Gasteiger partial charge in [-0.15, -0.1) is 0 Å². The number of nitrogens with zero attached hydrogens (tertiary/aromatic N) is 1. The highest BCUT2D eigenvalue weighted by molar-refractivity contribution is 6.07. The number of hydrazine groups is 1. The second-order valence-electron chi connectivity index (χ2n) is 8.07. The zero-order valence-corrected chi connectivity index (χ0v) is 18.3. The van der Waals surface area contributed by atoms with Crippen LogP contribution in [0.4, 0.5) is 4.79 Å². The monoisotopic (exact) mass is 443 g/mol. The largest absolute Gasteiger partial charge is 0.483 e. The van der Waals surface area contributed by atoms with Crippen LogP contribution in [0.15, 0.2) is 84.9 Å². The molecule has 168 valence electrons. The predicted octanol–water partition coefficient (Wildman–Crippen LogP) is 3.71. The van der Waals surface area contributed by atoms with Gasteiger partial charge < -0.3 is 10.1 Å². The number of hydrogen-bond donors (Lipinski definition) is 2. The van der Waals surface area contributed by atoms with E-state index >= 15 is 0 Å². The fourth-order valence-corrected chi connectivity index (χ4v) is 3.74. The highest BCUT2D eigenvalue weighted by Gasteiger charge is 2.48. The normalized spacial score (nSPS) is 17.5. The second kappa shape index (κ2) is 9.56. The molecule has 2 N–H and O–H groups in total. The molecule has 4 rings (SSSR count). The summed E-state index contributed by atoms with van der Waals surface area (Å²) in [6.07, 6.45) is 1.03. The van der Waals surface area contributed by atoms with Crippen LogP contribution in [0.3, 0.4) is 0 Å². The van der Waals surface area contributed by atoms with Crippen LogP contribution in [0.2, 0.25) is 0 Å². The van der Waals surface area contributed by atoms with E-state index in [-0.39, 0.29) is 6.61 Å². The number of amides is 4. The molecule has 1 aliphatic heterocycles. The molecule has 1 heterocycles. The summed E-state index contributed by atoms with van der Waals surface area (Å²) in [5.41, 5.74) is 4.13. The minimum atomic E-state index is -1.10. The van der Waals surface area contributed by atoms with Gasteiger partial charge in [0.05, 0.1) is 0 Å². The number of benzene rings is 3. The average molecular weight is 444 g/mol. The number of ether oxygens (including phenoxy) is 1. The lowest BCUT2D eigenvalue weighted by atomic mass is 9.93. The van der Waals surface area contributed by atoms with Crippen molar-refractivity contribution in [2.45, 2.75) is 25.3 Å². The Morgan fingerprint density at radius 2 is 1.58 bits per heavy atom. The summed E-state index contributed by atoms with van der Waals surface area (Å²) in [6, 6.07) is 26.1. The van der Waals surface area contributed by atoms with Crippen molar-refractivity contribution >= 4 is 17.8 Å². The molecule has 1 aliphatic rings. The van der Waals surface area contributed by atoms with E-state index in [1.54, 1.807) is 13.0 Å². The van der Waals surface area contributed by atoms with Crippen molar-refractivity contribution < 1.29 is 19.1 Å². The van der Waals surface area contributed by atoms with E-state index in [0.717, 1.165) is 21.7 Å². The number of urea groups is 1. The second-order valence-corrected chi connectivity index (χ2v) is 8.07. The summed E-state index contributed by atoms with van der Waals surface area (Å²) in [4.78, 5) is 37.8. The summed E-state index contributed by atoms with van der Waals surface area (Å²) in [5.74, 6) is -0.570. The molecule has 0 saturated carbocycles. The number of aryl methyl sites for hydroxylation is 1. The molecule has 7 heteroatoms. The first-order valence-electron chi connectivity index (χ1n) is 10.7. The summed E-state index contributed by atoms with van der Waals surface area (Å²) in [7, 11) is 0. The Kier molecular flexibility index (Phi) is 6.40. The minimum absolute atomic E-state index is 0.346. The van der Waals surface area contributed by atoms with Crippen LogP contribution >= 0.6 is 0 Å². The van der Waals surface area contributed by atoms with E-state index in [0.29, 0.717) is 18.6 Å². The SMILES string of the molecule is C[C@@]1(CCc2ccccc2)NC(=O)N(NC(=O)COc2ccccc2-c2ccccc2)C1=O. The Bertz CT molecular complexity index is 1150. The van der Waals surface area contributed by atoms with E-state index in [4.69, 9.17) is 4.74 Å². The van der Waals surface area contributed by atoms with Crippen LogP contribution in [-0.2, 0) is 16.0 Å². The van der Waals surface area contributed by atoms with Gasteiger partial charge in [-0.05, 0) is 37.0 Å². The maximum Gasteiger partial charge on any atom is 0.344 e. The maximum atomic E-state index is 12.9. The number of imide groups is 1. The molecule has 3 aromatic rings. The maximum absolute atomic E-state index is 12.9. The topological polar surface area (TPSA) is 87.7 Å². The molecule has 1 atom stereocenters. The first-order chi connectivity index (χ1) is 16.0. The van der Waals surface area contributed by atoms with Gasteiger partial charge in [-0.2, -0.15) is 5.01 Å². The number of nitrogens with one attached hydrogen (secondary N) is 2. The first-order valence-corrected chi connectivity index (χ1v) is 10.7. The van der Waals surface area contributed by atoms with Gasteiger partial charge in [0.1, 0.15) is 11.3 Å². The van der Waals surface area contributed by atoms with Crippen LogP contribution in [0.1, 0.15) is 18.9 Å². The minimum Gasteiger partial charge on any atom is -0.483 e. The van der Waals surface area contributed by atoms with E-state index in [1.165, 1.54) is 0 Å². The van der Waals surface area contributed by atoms with Crippen LogP contribution in [0.5, 0.6) is 5.75 Å². The molecule has 33 heavy (non-hydrogen) atoms. The third-order valence-electron chi connectivity index (χ3n) is 5.58. The van der Waals surface area contributed by atoms with E-state index in [9.17, 15) is 14.4 Å². The van der Waals surface area contributed by atoms with Crippen LogP contribution in [-0.4, -0.2) is 35.0 Å². The summed E-state index contributed by atoms with van der Waals surface area (Å²) in [5, 5.41) is 3.43. The van der Waals surface area contributed by atoms with Gasteiger partial charge in [-0.1, -0.05) is 78.9 Å². The van der Waals surface area contributed by atoms with Gasteiger partial charge in [0.15, 0.2) is 6.61 Å². The van der Waals surface area contributed by atoms with E-state index in [2.05, 4.69) is 10.7 Å². The Labute approximate surface area is 192 Å². The lowest BCUT2D eigenvalue weighted by Crippen LogP contribution is -2.50. The highest BCUT2D eigenvalue weighted by atomic mass is 16.5. The molecule has 4 amide bonds. The zero-order chi connectivity index (χ0) is 23.3. The molecule has 0 spiro atoms. The molecule has 1 fully saturated rings. The van der Waals surface area contributed by atoms with Crippen molar-refractivity contribution in [2.24, 2.45) is 0 Å². The van der Waals surface area contributed by atoms with Gasteiger partial charge in [0.25, 0.3) is 11.8 Å². The summed E-state index contributed by atoms with van der Waals surface area (Å²) >= 11 is 0. The number of carbonyl (C=O) groups is 3. The number of para-hydroxylation sites is 1. The van der Waals surface area contributed by atoms with Crippen LogP contribution < -0.4 is 15.5 Å². The van der Waals surface area contributed by atoms with Gasteiger partial charge in [0.2, 0.25) is 0 Å². The van der Waals surface area contributed by atoms with Gasteiger partial charge in [-0.3, -0.25) is 15.0 Å². The zero-order valence-electron chi connectivity index (χ0n) is 18.3. The molecule has 7 nitrogen and oxygen atoms in total. The summed E-state index contributed by atoms with van der Waals surface area (Å²) in [6.45, 7) is 1.32. The molecule has 0 radical (unpaired) electrons. The quantitative estimate of drug-likeness (QED) is 0.520. The Hall–Kier alpha value is -4.13. The predicted molar refractivity (Wildman–Crippen MR) is 124 cm³/mol. The molecule has 0 aromatic heterocycles. The number of hydrogen-bond acceptors (Lipinski definition) is 4. The first kappa shape index (κ1) is 22.1. The van der Waals surface area contributed by atoms with Crippen molar-refractivity contribution in [1.82, 2.24) is 15.8 Å². The molecule has 0 bridgehead atoms. The molecule has 0 unspecified atom stereocenters. The Morgan fingerprint density at radius 1 is 0.939 bits per heavy atom. The molecule has 3 aromatic carbocycles. The Balaban J connectivity index is 1.36. The fraction of sp³-hybridized carbons (Fsp3) is 0.192. The molecule has 1 saturated heterocycles. The standard InChI is InChI=1S/C26H25N3O4/c1-26(17-16-19-10-4-2-5-11-19)24(31)29(25(32)27-26)28-23(30)18-33-22-15-9-8-14-21(22)20-12-6-3-7-13-20/h2-15H,16-18H2,1H3,(H,27,32)(H,28,30)/t26-/m0/s1. The van der Waals surface area contributed by atoms with Crippen molar-refractivity contribution in [2.75, 3.05) is 6.61 Å². The van der Waals surface area contributed by atoms with Gasteiger partial charge >= 0.3 is 6.03 Å². The molecule has 0 aliphatic carbocycles.